The molecular formula is C24H43N5O3. The molecule has 0 saturated carbocycles. The van der Waals surface area contributed by atoms with Crippen molar-refractivity contribution < 1.29 is 13.9 Å². The summed E-state index contributed by atoms with van der Waals surface area (Å²) in [6.45, 7) is 14.5. The smallest absolute Gasteiger partial charge is 0.208 e. The fraction of sp³-hybridized carbons (Fsp3) is 0.833. The maximum absolute atomic E-state index is 6.01. The monoisotopic (exact) mass is 449 g/mol. The molecule has 0 unspecified atom stereocenters. The average molecular weight is 450 g/mol. The number of nitrogens with one attached hydrogen (secondary N) is 1. The van der Waals surface area contributed by atoms with E-state index in [1.807, 2.05) is 13.8 Å². The molecule has 8 nitrogen and oxygen atoms in total. The third-order valence-electron chi connectivity index (χ3n) is 6.56. The van der Waals surface area contributed by atoms with E-state index >= 15 is 0 Å². The Morgan fingerprint density at radius 3 is 2.50 bits per heavy atom. The van der Waals surface area contributed by atoms with Gasteiger partial charge in [0.05, 0.1) is 18.3 Å². The Balaban J connectivity index is 1.39. The Labute approximate surface area is 193 Å². The molecule has 2 aliphatic rings. The lowest BCUT2D eigenvalue weighted by Crippen LogP contribution is -2.47. The van der Waals surface area contributed by atoms with E-state index in [1.165, 1.54) is 12.8 Å². The van der Waals surface area contributed by atoms with Crippen molar-refractivity contribution in [2.24, 2.45) is 10.9 Å². The van der Waals surface area contributed by atoms with E-state index in [1.54, 1.807) is 7.11 Å². The number of aliphatic imine (C=N–C) groups is 1. The number of methoxy groups -OCH3 is 1. The molecule has 1 N–H and O–H groups in total. The van der Waals surface area contributed by atoms with Crippen LogP contribution in [0.3, 0.4) is 0 Å². The van der Waals surface area contributed by atoms with Crippen LogP contribution in [0.1, 0.15) is 56.4 Å². The minimum Gasteiger partial charge on any atom is -0.444 e. The number of ether oxygens (including phenoxy) is 2. The zero-order valence-electron chi connectivity index (χ0n) is 20.6. The zero-order valence-corrected chi connectivity index (χ0v) is 20.6. The molecule has 0 atom stereocenters. The van der Waals surface area contributed by atoms with E-state index in [9.17, 15) is 0 Å². The van der Waals surface area contributed by atoms with E-state index in [-0.39, 0.29) is 0 Å². The number of hydrogen-bond donors (Lipinski definition) is 1. The van der Waals surface area contributed by atoms with Gasteiger partial charge in [0.25, 0.3) is 0 Å². The van der Waals surface area contributed by atoms with Gasteiger partial charge in [-0.25, -0.2) is 4.98 Å². The highest BCUT2D eigenvalue weighted by molar-refractivity contribution is 5.80. The summed E-state index contributed by atoms with van der Waals surface area (Å²) in [6.07, 6.45) is 5.83. The molecule has 2 aliphatic heterocycles. The lowest BCUT2D eigenvalue weighted by molar-refractivity contribution is 0.00988. The fourth-order valence-corrected chi connectivity index (χ4v) is 4.45. The third kappa shape index (κ3) is 7.74. The third-order valence-corrected chi connectivity index (χ3v) is 6.56. The van der Waals surface area contributed by atoms with Crippen LogP contribution in [0.2, 0.25) is 0 Å². The molecule has 32 heavy (non-hydrogen) atoms. The van der Waals surface area contributed by atoms with Crippen molar-refractivity contribution in [2.75, 3.05) is 59.6 Å². The van der Waals surface area contributed by atoms with Crippen molar-refractivity contribution in [3.05, 3.63) is 17.3 Å². The normalized spacial score (nSPS) is 19.6. The maximum Gasteiger partial charge on any atom is 0.208 e. The molecule has 3 heterocycles. The van der Waals surface area contributed by atoms with Gasteiger partial charge in [0.2, 0.25) is 5.89 Å². The number of likely N-dealkylation sites (tertiary alicyclic amines) is 2. The van der Waals surface area contributed by atoms with Gasteiger partial charge < -0.3 is 24.1 Å². The van der Waals surface area contributed by atoms with Crippen molar-refractivity contribution in [2.45, 2.75) is 65.5 Å². The van der Waals surface area contributed by atoms with Crippen LogP contribution in [0.15, 0.2) is 9.41 Å². The van der Waals surface area contributed by atoms with Gasteiger partial charge in [-0.15, -0.1) is 0 Å². The van der Waals surface area contributed by atoms with Crippen molar-refractivity contribution in [3.63, 3.8) is 0 Å². The lowest BCUT2D eigenvalue weighted by atomic mass is 9.97. The van der Waals surface area contributed by atoms with Gasteiger partial charge in [-0.05, 0) is 71.9 Å². The summed E-state index contributed by atoms with van der Waals surface area (Å²) in [7, 11) is 1.74. The Bertz CT molecular complexity index is 672. The van der Waals surface area contributed by atoms with Crippen LogP contribution in [0.4, 0.5) is 0 Å². The molecule has 2 fully saturated rings. The van der Waals surface area contributed by atoms with E-state index < -0.39 is 0 Å². The summed E-state index contributed by atoms with van der Waals surface area (Å²) in [4.78, 5) is 14.4. The second-order valence-corrected chi connectivity index (χ2v) is 9.07. The van der Waals surface area contributed by atoms with E-state index in [4.69, 9.17) is 18.9 Å². The molecule has 2 saturated heterocycles. The maximum atomic E-state index is 6.01. The van der Waals surface area contributed by atoms with Gasteiger partial charge in [0.1, 0.15) is 5.76 Å². The van der Waals surface area contributed by atoms with Crippen LogP contribution in [0.5, 0.6) is 0 Å². The first-order valence-electron chi connectivity index (χ1n) is 12.4. The summed E-state index contributed by atoms with van der Waals surface area (Å²) >= 11 is 0. The highest BCUT2D eigenvalue weighted by Crippen LogP contribution is 2.21. The zero-order chi connectivity index (χ0) is 22.8. The number of oxazole rings is 1. The molecule has 8 heteroatoms. The van der Waals surface area contributed by atoms with Crippen LogP contribution >= 0.6 is 0 Å². The number of aromatic nitrogens is 1. The minimum atomic E-state index is 0.367. The second kappa shape index (κ2) is 13.2. The number of piperidine rings is 2. The second-order valence-electron chi connectivity index (χ2n) is 9.07. The Hall–Kier alpha value is -1.64. The summed E-state index contributed by atoms with van der Waals surface area (Å²) in [5.41, 5.74) is 1.00. The van der Waals surface area contributed by atoms with Crippen molar-refractivity contribution in [1.29, 1.82) is 0 Å². The number of guanidine groups is 1. The molecule has 0 radical (unpaired) electrons. The predicted molar refractivity (Wildman–Crippen MR) is 127 cm³/mol. The molecule has 182 valence electrons. The summed E-state index contributed by atoms with van der Waals surface area (Å²) in [5, 5.41) is 3.50. The van der Waals surface area contributed by atoms with Crippen LogP contribution in [-0.2, 0) is 16.0 Å². The fourth-order valence-electron chi connectivity index (χ4n) is 4.45. The molecule has 0 aliphatic carbocycles. The number of hydrogen-bond acceptors (Lipinski definition) is 6. The molecule has 1 aromatic heterocycles. The van der Waals surface area contributed by atoms with Gasteiger partial charge in [-0.1, -0.05) is 0 Å². The predicted octanol–water partition coefficient (Wildman–Crippen LogP) is 2.99. The SMILES string of the molecule is CCNC(=NCC1CCN(Cc2nc(C)c(C)o2)CC1)N1CCC(OCCCOC)CC1. The van der Waals surface area contributed by atoms with Gasteiger partial charge >= 0.3 is 0 Å². The molecule has 3 rings (SSSR count). The van der Waals surface area contributed by atoms with Gasteiger partial charge in [-0.2, -0.15) is 0 Å². The van der Waals surface area contributed by atoms with Gasteiger partial charge in [0.15, 0.2) is 5.96 Å². The number of nitrogens with zero attached hydrogens (tertiary/aromatic N) is 4. The molecule has 0 aromatic carbocycles. The summed E-state index contributed by atoms with van der Waals surface area (Å²) < 4.78 is 16.9. The Morgan fingerprint density at radius 1 is 1.12 bits per heavy atom. The average Bonchev–Trinajstić information content (AvgIpc) is 3.12. The molecular weight excluding hydrogens is 406 g/mol. The largest absolute Gasteiger partial charge is 0.444 e. The first-order chi connectivity index (χ1) is 15.6. The van der Waals surface area contributed by atoms with Gasteiger partial charge in [-0.3, -0.25) is 9.89 Å². The molecule has 1 aromatic rings. The first-order valence-corrected chi connectivity index (χ1v) is 12.4. The van der Waals surface area contributed by atoms with Crippen molar-refractivity contribution in [1.82, 2.24) is 20.1 Å². The van der Waals surface area contributed by atoms with Crippen LogP contribution in [-0.4, -0.2) is 86.4 Å². The molecule has 0 amide bonds. The highest BCUT2D eigenvalue weighted by atomic mass is 16.5. The van der Waals surface area contributed by atoms with Crippen LogP contribution in [0.25, 0.3) is 0 Å². The van der Waals surface area contributed by atoms with Crippen molar-refractivity contribution in [3.8, 4) is 0 Å². The Morgan fingerprint density at radius 2 is 1.88 bits per heavy atom. The van der Waals surface area contributed by atoms with E-state index in [0.29, 0.717) is 12.0 Å². The van der Waals surface area contributed by atoms with Gasteiger partial charge in [0, 0.05) is 46.5 Å². The lowest BCUT2D eigenvalue weighted by Gasteiger charge is -2.35. The molecule has 0 bridgehead atoms. The summed E-state index contributed by atoms with van der Waals surface area (Å²) in [5.74, 6) is 3.49. The van der Waals surface area contributed by atoms with Crippen molar-refractivity contribution >= 4 is 5.96 Å². The topological polar surface area (TPSA) is 75.4 Å². The number of aryl methyl sites for hydroxylation is 2. The van der Waals surface area contributed by atoms with Crippen LogP contribution in [0, 0.1) is 19.8 Å². The van der Waals surface area contributed by atoms with E-state index in [2.05, 4.69) is 27.0 Å². The standard InChI is InChI=1S/C24H43N5O3/c1-5-25-24(29-13-9-22(10-14-29)31-16-6-15-30-4)26-17-21-7-11-28(12-8-21)18-23-27-19(2)20(3)32-23/h21-22H,5-18H2,1-4H3,(H,25,26). The minimum absolute atomic E-state index is 0.367. The first kappa shape index (κ1) is 25.0. The summed E-state index contributed by atoms with van der Waals surface area (Å²) in [6, 6.07) is 0. The van der Waals surface area contributed by atoms with Crippen LogP contribution < -0.4 is 5.32 Å². The molecule has 0 spiro atoms. The quantitative estimate of drug-likeness (QED) is 0.334. The van der Waals surface area contributed by atoms with E-state index in [0.717, 1.165) is 102 Å². The Kier molecular flexibility index (Phi) is 10.3. The number of rotatable bonds is 10. The highest BCUT2D eigenvalue weighted by Gasteiger charge is 2.24.